The van der Waals surface area contributed by atoms with Crippen molar-refractivity contribution in [2.24, 2.45) is 0 Å². The van der Waals surface area contributed by atoms with Crippen molar-refractivity contribution in [2.75, 3.05) is 12.3 Å². The largest absolute Gasteiger partial charge is 1.00 e. The van der Waals surface area contributed by atoms with Crippen LogP contribution in [0.3, 0.4) is 0 Å². The SMILES string of the molecule is CCCCCCCCCCCS(=O)(=O)NCCC(=O)[O-].[Na+]. The molecule has 0 amide bonds. The second-order valence-corrected chi connectivity index (χ2v) is 7.09. The van der Waals surface area contributed by atoms with Crippen molar-refractivity contribution in [3.8, 4) is 0 Å². The van der Waals surface area contributed by atoms with Gasteiger partial charge >= 0.3 is 29.6 Å². The van der Waals surface area contributed by atoms with Gasteiger partial charge in [-0.15, -0.1) is 0 Å². The molecular weight excluding hydrogens is 301 g/mol. The molecule has 0 aromatic heterocycles. The first kappa shape index (κ1) is 23.6. The summed E-state index contributed by atoms with van der Waals surface area (Å²) < 4.78 is 25.3. The predicted molar refractivity (Wildman–Crippen MR) is 78.6 cm³/mol. The summed E-state index contributed by atoms with van der Waals surface area (Å²) in [5, 5.41) is 10.2. The molecule has 0 spiro atoms. The molecule has 0 saturated heterocycles. The van der Waals surface area contributed by atoms with E-state index >= 15 is 0 Å². The minimum atomic E-state index is -3.32. The van der Waals surface area contributed by atoms with Crippen molar-refractivity contribution in [2.45, 2.75) is 71.1 Å². The molecule has 0 radical (unpaired) electrons. The van der Waals surface area contributed by atoms with Crippen LogP contribution in [-0.4, -0.2) is 26.7 Å². The average Bonchev–Trinajstić information content (AvgIpc) is 2.36. The van der Waals surface area contributed by atoms with E-state index in [1.165, 1.54) is 38.5 Å². The van der Waals surface area contributed by atoms with Crippen LogP contribution in [0.5, 0.6) is 0 Å². The first-order chi connectivity index (χ1) is 9.48. The van der Waals surface area contributed by atoms with Crippen molar-refractivity contribution >= 4 is 16.0 Å². The summed E-state index contributed by atoms with van der Waals surface area (Å²) in [6, 6.07) is 0. The van der Waals surface area contributed by atoms with Crippen LogP contribution in [0, 0.1) is 0 Å². The summed E-state index contributed by atoms with van der Waals surface area (Å²) in [5.41, 5.74) is 0. The fraction of sp³-hybridized carbons (Fsp3) is 0.929. The third-order valence-electron chi connectivity index (χ3n) is 3.17. The second-order valence-electron chi connectivity index (χ2n) is 5.16. The number of unbranched alkanes of at least 4 members (excludes halogenated alkanes) is 8. The van der Waals surface area contributed by atoms with Gasteiger partial charge in [0.05, 0.1) is 5.75 Å². The molecule has 0 heterocycles. The fourth-order valence-corrected chi connectivity index (χ4v) is 3.13. The molecule has 0 rings (SSSR count). The summed E-state index contributed by atoms with van der Waals surface area (Å²) in [7, 11) is -3.32. The Kier molecular flexibility index (Phi) is 17.2. The number of aliphatic carboxylic acids is 1. The number of carbonyl (C=O) groups excluding carboxylic acids is 1. The molecule has 0 aliphatic heterocycles. The molecular formula is C14H28NNaO4S. The average molecular weight is 329 g/mol. The Morgan fingerprint density at radius 1 is 0.952 bits per heavy atom. The minimum Gasteiger partial charge on any atom is -0.550 e. The van der Waals surface area contributed by atoms with E-state index in [2.05, 4.69) is 11.6 Å². The van der Waals surface area contributed by atoms with E-state index in [0.717, 1.165) is 12.8 Å². The van der Waals surface area contributed by atoms with Gasteiger partial charge in [-0.25, -0.2) is 13.1 Å². The first-order valence-corrected chi connectivity index (χ1v) is 9.30. The van der Waals surface area contributed by atoms with Gasteiger partial charge in [0.25, 0.3) is 0 Å². The van der Waals surface area contributed by atoms with Crippen LogP contribution in [0.2, 0.25) is 0 Å². The topological polar surface area (TPSA) is 86.3 Å². The number of hydrogen-bond acceptors (Lipinski definition) is 4. The van der Waals surface area contributed by atoms with Gasteiger partial charge in [-0.2, -0.15) is 0 Å². The molecule has 0 aliphatic rings. The van der Waals surface area contributed by atoms with Gasteiger partial charge in [0.1, 0.15) is 0 Å². The fourth-order valence-electron chi connectivity index (χ4n) is 1.98. The molecule has 120 valence electrons. The van der Waals surface area contributed by atoms with Crippen molar-refractivity contribution in [3.63, 3.8) is 0 Å². The van der Waals surface area contributed by atoms with Gasteiger partial charge < -0.3 is 9.90 Å². The zero-order chi connectivity index (χ0) is 15.3. The van der Waals surface area contributed by atoms with Crippen LogP contribution in [0.15, 0.2) is 0 Å². The summed E-state index contributed by atoms with van der Waals surface area (Å²) in [6.45, 7) is 2.11. The summed E-state index contributed by atoms with van der Waals surface area (Å²) >= 11 is 0. The smallest absolute Gasteiger partial charge is 0.550 e. The van der Waals surface area contributed by atoms with Crippen LogP contribution < -0.4 is 39.4 Å². The number of hydrogen-bond donors (Lipinski definition) is 1. The van der Waals surface area contributed by atoms with Crippen LogP contribution >= 0.6 is 0 Å². The van der Waals surface area contributed by atoms with Crippen LogP contribution in [0.4, 0.5) is 0 Å². The Balaban J connectivity index is 0. The summed E-state index contributed by atoms with van der Waals surface area (Å²) in [4.78, 5) is 10.2. The van der Waals surface area contributed by atoms with Gasteiger partial charge in [0.15, 0.2) is 0 Å². The monoisotopic (exact) mass is 329 g/mol. The van der Waals surface area contributed by atoms with Crippen molar-refractivity contribution in [1.29, 1.82) is 0 Å². The minimum absolute atomic E-state index is 0. The van der Waals surface area contributed by atoms with E-state index in [4.69, 9.17) is 0 Å². The van der Waals surface area contributed by atoms with E-state index in [0.29, 0.717) is 6.42 Å². The summed E-state index contributed by atoms with van der Waals surface area (Å²) in [5.74, 6) is -1.16. The molecule has 21 heavy (non-hydrogen) atoms. The third kappa shape index (κ3) is 18.3. The maximum Gasteiger partial charge on any atom is 1.00 e. The molecule has 5 nitrogen and oxygen atoms in total. The normalized spacial score (nSPS) is 11.1. The number of sulfonamides is 1. The van der Waals surface area contributed by atoms with Gasteiger partial charge in [0.2, 0.25) is 10.0 Å². The van der Waals surface area contributed by atoms with Gasteiger partial charge in [-0.05, 0) is 6.42 Å². The molecule has 1 N–H and O–H groups in total. The standard InChI is InChI=1S/C14H29NO4S.Na/c1-2-3-4-5-6-7-8-9-10-13-20(18,19)15-12-11-14(16)17;/h15H,2-13H2,1H3,(H,16,17);/q;+1/p-1. The van der Waals surface area contributed by atoms with Crippen LogP contribution in [-0.2, 0) is 14.8 Å². The number of carbonyl (C=O) groups is 1. The second kappa shape index (κ2) is 15.3. The molecule has 0 atom stereocenters. The number of nitrogens with one attached hydrogen (secondary N) is 1. The number of rotatable bonds is 14. The molecule has 0 bridgehead atoms. The van der Waals surface area contributed by atoms with Crippen molar-refractivity contribution in [1.82, 2.24) is 4.72 Å². The van der Waals surface area contributed by atoms with E-state index in [1.54, 1.807) is 0 Å². The summed E-state index contributed by atoms with van der Waals surface area (Å²) in [6.07, 6.45) is 9.86. The van der Waals surface area contributed by atoms with E-state index in [9.17, 15) is 18.3 Å². The van der Waals surface area contributed by atoms with Crippen molar-refractivity contribution in [3.05, 3.63) is 0 Å². The van der Waals surface area contributed by atoms with E-state index in [-0.39, 0.29) is 48.3 Å². The maximum absolute atomic E-state index is 11.5. The molecule has 7 heteroatoms. The quantitative estimate of drug-likeness (QED) is 0.313. The van der Waals surface area contributed by atoms with E-state index in [1.807, 2.05) is 0 Å². The molecule has 0 fully saturated rings. The van der Waals surface area contributed by atoms with Gasteiger partial charge in [0, 0.05) is 18.9 Å². The van der Waals surface area contributed by atoms with Gasteiger partial charge in [-0.1, -0.05) is 58.3 Å². The number of carboxylic acids is 1. The molecule has 0 unspecified atom stereocenters. The van der Waals surface area contributed by atoms with Gasteiger partial charge in [-0.3, -0.25) is 0 Å². The number of carboxylic acid groups (broad SMARTS) is 1. The molecule has 0 aromatic carbocycles. The first-order valence-electron chi connectivity index (χ1n) is 7.65. The zero-order valence-electron chi connectivity index (χ0n) is 13.5. The Bertz CT molecular complexity index is 347. The Labute approximate surface area is 151 Å². The Hall–Kier alpha value is 0.380. The molecule has 0 aromatic rings. The predicted octanol–water partition coefficient (Wildman–Crippen LogP) is -1.42. The molecule has 0 saturated carbocycles. The maximum atomic E-state index is 11.5. The Morgan fingerprint density at radius 2 is 1.43 bits per heavy atom. The molecule has 0 aliphatic carbocycles. The Morgan fingerprint density at radius 3 is 1.90 bits per heavy atom. The van der Waals surface area contributed by atoms with E-state index < -0.39 is 16.0 Å². The van der Waals surface area contributed by atoms with Crippen molar-refractivity contribution < 1.29 is 47.9 Å². The zero-order valence-corrected chi connectivity index (χ0v) is 16.3. The third-order valence-corrected chi connectivity index (χ3v) is 4.64. The van der Waals surface area contributed by atoms with Crippen LogP contribution in [0.1, 0.15) is 71.1 Å². The van der Waals surface area contributed by atoms with Crippen LogP contribution in [0.25, 0.3) is 0 Å².